The van der Waals surface area contributed by atoms with Crippen molar-refractivity contribution in [3.8, 4) is 0 Å². The predicted octanol–water partition coefficient (Wildman–Crippen LogP) is 15.3. The number of allylic oxidation sites excluding steroid dienone is 2. The molecular weight excluding hydrogens is 719 g/mol. The second-order valence-corrected chi connectivity index (χ2v) is 17.9. The molecule has 2 unspecified atom stereocenters. The molecule has 2 atom stereocenters. The Hall–Kier alpha value is -1.40. The van der Waals surface area contributed by atoms with Crippen molar-refractivity contribution in [3.63, 3.8) is 0 Å². The highest BCUT2D eigenvalue weighted by Gasteiger charge is 2.20. The normalized spacial score (nSPS) is 12.7. The number of amides is 1. The second kappa shape index (κ2) is 48.3. The Balaban J connectivity index is 3.50. The Morgan fingerprint density at radius 3 is 1.22 bits per heavy atom. The summed E-state index contributed by atoms with van der Waals surface area (Å²) in [6, 6.07) is -0.561. The Kier molecular flexibility index (Phi) is 47.1. The Labute approximate surface area is 361 Å². The minimum absolute atomic E-state index is 0.0280. The molecular formula is C52H101NO5. The van der Waals surface area contributed by atoms with Crippen molar-refractivity contribution in [2.45, 2.75) is 296 Å². The Morgan fingerprint density at radius 1 is 0.466 bits per heavy atom. The lowest BCUT2D eigenvalue weighted by Gasteiger charge is -2.22. The summed E-state index contributed by atoms with van der Waals surface area (Å²) in [5.74, 6) is -0.0905. The summed E-state index contributed by atoms with van der Waals surface area (Å²) in [7, 11) is 0. The van der Waals surface area contributed by atoms with Crippen LogP contribution < -0.4 is 5.32 Å². The van der Waals surface area contributed by atoms with E-state index in [0.717, 1.165) is 77.0 Å². The first-order valence-electron chi connectivity index (χ1n) is 25.9. The molecule has 0 saturated heterocycles. The predicted molar refractivity (Wildman–Crippen MR) is 250 cm³/mol. The van der Waals surface area contributed by atoms with Crippen LogP contribution in [0.2, 0.25) is 0 Å². The first-order valence-corrected chi connectivity index (χ1v) is 25.9. The lowest BCUT2D eigenvalue weighted by atomic mass is 10.0. The maximum absolute atomic E-state index is 12.4. The highest BCUT2D eigenvalue weighted by atomic mass is 16.5. The lowest BCUT2D eigenvalue weighted by molar-refractivity contribution is -0.143. The number of unbranched alkanes of at least 4 members (excludes halogenated alkanes) is 35. The average Bonchev–Trinajstić information content (AvgIpc) is 3.22. The maximum Gasteiger partial charge on any atom is 0.305 e. The van der Waals surface area contributed by atoms with Gasteiger partial charge in [0.05, 0.1) is 25.4 Å². The van der Waals surface area contributed by atoms with E-state index in [1.807, 2.05) is 0 Å². The van der Waals surface area contributed by atoms with Gasteiger partial charge in [-0.2, -0.15) is 0 Å². The van der Waals surface area contributed by atoms with Gasteiger partial charge in [-0.05, 0) is 51.4 Å². The second-order valence-electron chi connectivity index (χ2n) is 17.9. The molecule has 0 fully saturated rings. The van der Waals surface area contributed by atoms with Crippen LogP contribution in [0, 0.1) is 0 Å². The van der Waals surface area contributed by atoms with Gasteiger partial charge in [0.15, 0.2) is 0 Å². The fraction of sp³-hybridized carbons (Fsp3) is 0.923. The minimum atomic E-state index is -0.681. The van der Waals surface area contributed by atoms with Crippen LogP contribution in [-0.2, 0) is 14.3 Å². The quantitative estimate of drug-likeness (QED) is 0.0323. The van der Waals surface area contributed by atoms with Crippen molar-refractivity contribution in [1.82, 2.24) is 5.32 Å². The summed E-state index contributed by atoms with van der Waals surface area (Å²) in [6.45, 7) is 4.89. The van der Waals surface area contributed by atoms with Crippen LogP contribution in [0.1, 0.15) is 284 Å². The number of rotatable bonds is 48. The van der Waals surface area contributed by atoms with Gasteiger partial charge in [0, 0.05) is 12.8 Å². The molecule has 0 aliphatic heterocycles. The number of carbonyl (C=O) groups is 2. The highest BCUT2D eigenvalue weighted by molar-refractivity contribution is 5.76. The van der Waals surface area contributed by atoms with Gasteiger partial charge in [0.1, 0.15) is 0 Å². The zero-order valence-electron chi connectivity index (χ0n) is 39.0. The number of ether oxygens (including phenoxy) is 1. The van der Waals surface area contributed by atoms with E-state index in [4.69, 9.17) is 4.74 Å². The molecule has 58 heavy (non-hydrogen) atoms. The van der Waals surface area contributed by atoms with Gasteiger partial charge in [-0.1, -0.05) is 231 Å². The molecule has 3 N–H and O–H groups in total. The fourth-order valence-electron chi connectivity index (χ4n) is 8.05. The van der Waals surface area contributed by atoms with Crippen LogP contribution in [0.25, 0.3) is 0 Å². The number of hydrogen-bond acceptors (Lipinski definition) is 5. The molecule has 0 radical (unpaired) electrons. The number of carbonyl (C=O) groups excluding carboxylic acids is 2. The molecule has 0 aliphatic rings. The van der Waals surface area contributed by atoms with E-state index < -0.39 is 12.1 Å². The van der Waals surface area contributed by atoms with Crippen LogP contribution in [0.5, 0.6) is 0 Å². The summed E-state index contributed by atoms with van der Waals surface area (Å²) in [6.07, 6.45) is 54.7. The van der Waals surface area contributed by atoms with Crippen molar-refractivity contribution < 1.29 is 24.5 Å². The van der Waals surface area contributed by atoms with Gasteiger partial charge in [0.2, 0.25) is 5.91 Å². The molecule has 0 aromatic rings. The van der Waals surface area contributed by atoms with Crippen LogP contribution in [0.15, 0.2) is 12.2 Å². The molecule has 1 amide bonds. The molecule has 6 nitrogen and oxygen atoms in total. The smallest absolute Gasteiger partial charge is 0.305 e. The number of aliphatic hydroxyl groups excluding tert-OH is 2. The topological polar surface area (TPSA) is 95.9 Å². The largest absolute Gasteiger partial charge is 0.466 e. The molecule has 0 aliphatic carbocycles. The first kappa shape index (κ1) is 56.6. The number of esters is 1. The molecule has 0 heterocycles. The van der Waals surface area contributed by atoms with E-state index in [-0.39, 0.29) is 18.5 Å². The average molecular weight is 820 g/mol. The van der Waals surface area contributed by atoms with Gasteiger partial charge in [-0.3, -0.25) is 9.59 Å². The Morgan fingerprint density at radius 2 is 0.810 bits per heavy atom. The molecule has 0 aromatic carbocycles. The third-order valence-corrected chi connectivity index (χ3v) is 12.1. The summed E-state index contributed by atoms with van der Waals surface area (Å²) in [5, 5.41) is 23.2. The van der Waals surface area contributed by atoms with Gasteiger partial charge in [-0.15, -0.1) is 0 Å². The van der Waals surface area contributed by atoms with E-state index in [1.165, 1.54) is 173 Å². The van der Waals surface area contributed by atoms with Crippen molar-refractivity contribution in [2.75, 3.05) is 13.2 Å². The van der Waals surface area contributed by atoms with Gasteiger partial charge < -0.3 is 20.3 Å². The summed E-state index contributed by atoms with van der Waals surface area (Å²) in [5.41, 5.74) is 0. The summed E-state index contributed by atoms with van der Waals surface area (Å²) in [4.78, 5) is 24.5. The molecule has 0 spiro atoms. The van der Waals surface area contributed by atoms with E-state index in [2.05, 4.69) is 31.3 Å². The minimum Gasteiger partial charge on any atom is -0.466 e. The van der Waals surface area contributed by atoms with E-state index in [0.29, 0.717) is 25.9 Å². The zero-order chi connectivity index (χ0) is 42.3. The molecule has 6 heteroatoms. The third kappa shape index (κ3) is 44.2. The zero-order valence-corrected chi connectivity index (χ0v) is 39.0. The van der Waals surface area contributed by atoms with E-state index >= 15 is 0 Å². The standard InChI is InChI=1S/C52H101NO5/c1-3-5-7-9-11-13-15-17-19-21-24-28-32-36-40-44-50(55)49(48-54)53-51(56)45-41-37-33-29-25-23-27-31-35-39-43-47-58-52(57)46-42-38-34-30-26-22-20-18-16-14-12-10-8-6-4-2/h27,31,49-50,54-55H,3-26,28-30,32-48H2,1-2H3,(H,53,56)/b31-27-. The van der Waals surface area contributed by atoms with Crippen LogP contribution in [0.4, 0.5) is 0 Å². The van der Waals surface area contributed by atoms with Gasteiger partial charge in [0.25, 0.3) is 0 Å². The SMILES string of the molecule is CCCCCCCCCCCCCCCCCC(=O)OCCCC/C=C\CCCCCCCC(=O)NC(CO)C(O)CCCCCCCCCCCCCCCCC. The number of hydrogen-bond donors (Lipinski definition) is 3. The lowest BCUT2D eigenvalue weighted by Crippen LogP contribution is -2.45. The van der Waals surface area contributed by atoms with Crippen molar-refractivity contribution in [1.29, 1.82) is 0 Å². The summed E-state index contributed by atoms with van der Waals surface area (Å²) >= 11 is 0. The van der Waals surface area contributed by atoms with Crippen LogP contribution in [0.3, 0.4) is 0 Å². The highest BCUT2D eigenvalue weighted by Crippen LogP contribution is 2.17. The van der Waals surface area contributed by atoms with E-state index in [1.54, 1.807) is 0 Å². The molecule has 0 rings (SSSR count). The third-order valence-electron chi connectivity index (χ3n) is 12.1. The molecule has 0 bridgehead atoms. The molecule has 0 saturated carbocycles. The fourth-order valence-corrected chi connectivity index (χ4v) is 8.05. The molecule has 344 valence electrons. The number of aliphatic hydroxyl groups is 2. The van der Waals surface area contributed by atoms with Crippen molar-refractivity contribution in [3.05, 3.63) is 12.2 Å². The van der Waals surface area contributed by atoms with Crippen LogP contribution in [-0.4, -0.2) is 47.4 Å². The van der Waals surface area contributed by atoms with Gasteiger partial charge >= 0.3 is 5.97 Å². The number of nitrogens with one attached hydrogen (secondary N) is 1. The van der Waals surface area contributed by atoms with Crippen LogP contribution >= 0.6 is 0 Å². The van der Waals surface area contributed by atoms with Crippen molar-refractivity contribution in [2.24, 2.45) is 0 Å². The van der Waals surface area contributed by atoms with E-state index in [9.17, 15) is 19.8 Å². The Bertz CT molecular complexity index is 863. The van der Waals surface area contributed by atoms with Crippen molar-refractivity contribution >= 4 is 11.9 Å². The van der Waals surface area contributed by atoms with Gasteiger partial charge in [-0.25, -0.2) is 0 Å². The summed E-state index contributed by atoms with van der Waals surface area (Å²) < 4.78 is 5.44. The monoisotopic (exact) mass is 820 g/mol. The maximum atomic E-state index is 12.4. The molecule has 0 aromatic heterocycles. The first-order chi connectivity index (χ1) is 28.5.